The van der Waals surface area contributed by atoms with Crippen molar-refractivity contribution in [2.45, 2.75) is 11.0 Å². The topological polar surface area (TPSA) is 66.9 Å². The number of hydrogen-bond acceptors (Lipinski definition) is 4. The van der Waals surface area contributed by atoms with Crippen LogP contribution in [0, 0.1) is 5.82 Å². The van der Waals surface area contributed by atoms with E-state index in [1.54, 1.807) is 4.90 Å². The summed E-state index contributed by atoms with van der Waals surface area (Å²) >= 11 is 0. The van der Waals surface area contributed by atoms with E-state index < -0.39 is 15.8 Å². The van der Waals surface area contributed by atoms with E-state index >= 15 is 0 Å². The molecule has 0 aromatic heterocycles. The number of ether oxygens (including phenoxy) is 1. The highest BCUT2D eigenvalue weighted by Crippen LogP contribution is 2.22. The minimum absolute atomic E-state index is 0.0525. The lowest BCUT2D eigenvalue weighted by atomic mass is 10.1. The summed E-state index contributed by atoms with van der Waals surface area (Å²) in [5.41, 5.74) is 0.974. The second-order valence-corrected chi connectivity index (χ2v) is 8.37. The van der Waals surface area contributed by atoms with Gasteiger partial charge in [-0.2, -0.15) is 4.31 Å². The van der Waals surface area contributed by atoms with E-state index in [1.807, 2.05) is 30.3 Å². The first-order chi connectivity index (χ1) is 12.9. The van der Waals surface area contributed by atoms with Gasteiger partial charge in [-0.15, -0.1) is 0 Å². The number of halogens is 1. The molecule has 1 aliphatic rings. The molecule has 0 saturated carbocycles. The fourth-order valence-electron chi connectivity index (χ4n) is 2.91. The summed E-state index contributed by atoms with van der Waals surface area (Å²) in [4.78, 5) is 14.2. The number of carbonyl (C=O) groups is 1. The largest absolute Gasteiger partial charge is 0.370 e. The summed E-state index contributed by atoms with van der Waals surface area (Å²) in [6.07, 6.45) is -0.233. The number of rotatable bonds is 5. The molecular weight excluding hydrogens is 371 g/mol. The van der Waals surface area contributed by atoms with Gasteiger partial charge >= 0.3 is 0 Å². The van der Waals surface area contributed by atoms with Crippen LogP contribution in [0.5, 0.6) is 0 Å². The fraction of sp³-hybridized carbons (Fsp3) is 0.316. The van der Waals surface area contributed by atoms with Crippen molar-refractivity contribution in [3.05, 3.63) is 66.0 Å². The first-order valence-electron chi connectivity index (χ1n) is 8.54. The molecule has 1 atom stereocenters. The number of sulfonamides is 1. The van der Waals surface area contributed by atoms with Crippen molar-refractivity contribution >= 4 is 15.9 Å². The first-order valence-corrected chi connectivity index (χ1v) is 9.98. The third-order valence-electron chi connectivity index (χ3n) is 4.47. The molecule has 1 amide bonds. The van der Waals surface area contributed by atoms with Gasteiger partial charge in [0.2, 0.25) is 15.9 Å². The molecule has 3 rings (SSSR count). The molecule has 2 aromatic rings. The van der Waals surface area contributed by atoms with Gasteiger partial charge in [0.25, 0.3) is 0 Å². The standard InChI is InChI=1S/C19H21FN2O4S/c1-21(27(24,25)17-9-7-16(20)8-10-17)14-19(23)22-11-12-26-18(13-22)15-5-3-2-4-6-15/h2-10,18H,11-14H2,1H3. The number of amides is 1. The molecule has 0 aliphatic carbocycles. The van der Waals surface area contributed by atoms with Crippen molar-refractivity contribution in [3.63, 3.8) is 0 Å². The molecule has 0 N–H and O–H groups in total. The second-order valence-electron chi connectivity index (χ2n) is 6.32. The molecule has 1 fully saturated rings. The second kappa shape index (κ2) is 8.16. The van der Waals surface area contributed by atoms with Crippen molar-refractivity contribution in [1.82, 2.24) is 9.21 Å². The third kappa shape index (κ3) is 4.52. The van der Waals surface area contributed by atoms with Gasteiger partial charge in [0.1, 0.15) is 11.9 Å². The van der Waals surface area contributed by atoms with Crippen molar-refractivity contribution in [2.24, 2.45) is 0 Å². The summed E-state index contributed by atoms with van der Waals surface area (Å²) in [7, 11) is -2.53. The minimum Gasteiger partial charge on any atom is -0.370 e. The molecule has 1 heterocycles. The summed E-state index contributed by atoms with van der Waals surface area (Å²) < 4.78 is 44.9. The normalized spacial score (nSPS) is 17.9. The molecular formula is C19H21FN2O4S. The van der Waals surface area contributed by atoms with Crippen LogP contribution in [0.25, 0.3) is 0 Å². The highest BCUT2D eigenvalue weighted by Gasteiger charge is 2.29. The zero-order chi connectivity index (χ0) is 19.4. The van der Waals surface area contributed by atoms with E-state index in [9.17, 15) is 17.6 Å². The van der Waals surface area contributed by atoms with E-state index in [0.29, 0.717) is 19.7 Å². The lowest BCUT2D eigenvalue weighted by molar-refractivity contribution is -0.139. The lowest BCUT2D eigenvalue weighted by Crippen LogP contribution is -2.47. The van der Waals surface area contributed by atoms with Gasteiger partial charge in [-0.3, -0.25) is 4.79 Å². The minimum atomic E-state index is -3.87. The average Bonchev–Trinajstić information content (AvgIpc) is 2.69. The molecule has 27 heavy (non-hydrogen) atoms. The van der Waals surface area contributed by atoms with Crippen LogP contribution < -0.4 is 0 Å². The van der Waals surface area contributed by atoms with Crippen molar-refractivity contribution in [1.29, 1.82) is 0 Å². The summed E-state index contributed by atoms with van der Waals surface area (Å²) in [6, 6.07) is 14.1. The molecule has 1 saturated heterocycles. The average molecular weight is 392 g/mol. The van der Waals surface area contributed by atoms with Crippen LogP contribution in [0.1, 0.15) is 11.7 Å². The highest BCUT2D eigenvalue weighted by atomic mass is 32.2. The Morgan fingerprint density at radius 2 is 1.85 bits per heavy atom. The molecule has 2 aromatic carbocycles. The highest BCUT2D eigenvalue weighted by molar-refractivity contribution is 7.89. The zero-order valence-electron chi connectivity index (χ0n) is 14.9. The predicted molar refractivity (Wildman–Crippen MR) is 97.9 cm³/mol. The Morgan fingerprint density at radius 1 is 1.19 bits per heavy atom. The Kier molecular flexibility index (Phi) is 5.88. The van der Waals surface area contributed by atoms with Gasteiger partial charge in [0.15, 0.2) is 0 Å². The third-order valence-corrected chi connectivity index (χ3v) is 6.29. The van der Waals surface area contributed by atoms with Crippen molar-refractivity contribution in [3.8, 4) is 0 Å². The summed E-state index contributed by atoms with van der Waals surface area (Å²) in [5.74, 6) is -0.819. The van der Waals surface area contributed by atoms with Crippen LogP contribution >= 0.6 is 0 Å². The Labute approximate surface area is 158 Å². The number of nitrogens with zero attached hydrogens (tertiary/aromatic N) is 2. The number of morpholine rings is 1. The van der Waals surface area contributed by atoms with Crippen LogP contribution in [-0.2, 0) is 19.6 Å². The number of hydrogen-bond donors (Lipinski definition) is 0. The van der Waals surface area contributed by atoms with Gasteiger partial charge in [-0.25, -0.2) is 12.8 Å². The van der Waals surface area contributed by atoms with Gasteiger partial charge in [0, 0.05) is 13.6 Å². The van der Waals surface area contributed by atoms with Gasteiger partial charge < -0.3 is 9.64 Å². The van der Waals surface area contributed by atoms with Crippen molar-refractivity contribution < 1.29 is 22.3 Å². The maximum atomic E-state index is 13.0. The van der Waals surface area contributed by atoms with E-state index in [1.165, 1.54) is 19.2 Å². The van der Waals surface area contributed by atoms with Crippen molar-refractivity contribution in [2.75, 3.05) is 33.3 Å². The molecule has 6 nitrogen and oxygen atoms in total. The molecule has 8 heteroatoms. The summed E-state index contributed by atoms with van der Waals surface area (Å²) in [5, 5.41) is 0. The van der Waals surface area contributed by atoms with Crippen LogP contribution in [0.4, 0.5) is 4.39 Å². The first kappa shape index (κ1) is 19.5. The van der Waals surface area contributed by atoms with E-state index in [2.05, 4.69) is 0 Å². The molecule has 0 radical (unpaired) electrons. The molecule has 0 bridgehead atoms. The Bertz CT molecular complexity index is 888. The zero-order valence-corrected chi connectivity index (χ0v) is 15.7. The molecule has 1 aliphatic heterocycles. The Morgan fingerprint density at radius 3 is 2.52 bits per heavy atom. The SMILES string of the molecule is CN(CC(=O)N1CCOC(c2ccccc2)C1)S(=O)(=O)c1ccc(F)cc1. The van der Waals surface area contributed by atoms with Gasteiger partial charge in [-0.1, -0.05) is 30.3 Å². The van der Waals surface area contributed by atoms with Crippen LogP contribution in [0.3, 0.4) is 0 Å². The number of carbonyl (C=O) groups excluding carboxylic acids is 1. The fourth-order valence-corrected chi connectivity index (χ4v) is 4.03. The lowest BCUT2D eigenvalue weighted by Gasteiger charge is -2.34. The van der Waals surface area contributed by atoms with Crippen LogP contribution in [-0.4, -0.2) is 56.8 Å². The van der Waals surface area contributed by atoms with E-state index in [-0.39, 0.29) is 23.5 Å². The van der Waals surface area contributed by atoms with Crippen LogP contribution in [0.2, 0.25) is 0 Å². The Balaban J connectivity index is 1.66. The molecule has 144 valence electrons. The number of benzene rings is 2. The monoisotopic (exact) mass is 392 g/mol. The van der Waals surface area contributed by atoms with Gasteiger partial charge in [0.05, 0.1) is 24.6 Å². The van der Waals surface area contributed by atoms with Crippen LogP contribution in [0.15, 0.2) is 59.5 Å². The maximum absolute atomic E-state index is 13.0. The molecule has 1 unspecified atom stereocenters. The number of likely N-dealkylation sites (N-methyl/N-ethyl adjacent to an activating group) is 1. The quantitative estimate of drug-likeness (QED) is 0.781. The summed E-state index contributed by atoms with van der Waals surface area (Å²) in [6.45, 7) is 0.876. The Hall–Kier alpha value is -2.29. The maximum Gasteiger partial charge on any atom is 0.243 e. The predicted octanol–water partition coefficient (Wildman–Crippen LogP) is 2.05. The van der Waals surface area contributed by atoms with E-state index in [4.69, 9.17) is 4.74 Å². The van der Waals surface area contributed by atoms with E-state index in [0.717, 1.165) is 22.0 Å². The van der Waals surface area contributed by atoms with Gasteiger partial charge in [-0.05, 0) is 29.8 Å². The molecule has 0 spiro atoms. The smallest absolute Gasteiger partial charge is 0.243 e.